The van der Waals surface area contributed by atoms with E-state index < -0.39 is 11.6 Å². The lowest BCUT2D eigenvalue weighted by atomic mass is 10.2. The van der Waals surface area contributed by atoms with Gasteiger partial charge < -0.3 is 5.32 Å². The van der Waals surface area contributed by atoms with Crippen molar-refractivity contribution >= 4 is 34.3 Å². The zero-order valence-corrected chi connectivity index (χ0v) is 16.3. The number of anilines is 1. The van der Waals surface area contributed by atoms with Crippen molar-refractivity contribution in [1.29, 1.82) is 0 Å². The van der Waals surface area contributed by atoms with Crippen molar-refractivity contribution in [3.63, 3.8) is 0 Å². The van der Waals surface area contributed by atoms with Crippen molar-refractivity contribution in [1.82, 2.24) is 9.55 Å². The predicted octanol–water partition coefficient (Wildman–Crippen LogP) is 4.39. The van der Waals surface area contributed by atoms with Gasteiger partial charge in [-0.1, -0.05) is 23.9 Å². The Bertz CT molecular complexity index is 1270. The molecule has 0 radical (unpaired) electrons. The van der Waals surface area contributed by atoms with Gasteiger partial charge in [0.1, 0.15) is 11.6 Å². The van der Waals surface area contributed by atoms with Crippen LogP contribution in [0.4, 0.5) is 14.5 Å². The lowest BCUT2D eigenvalue weighted by molar-refractivity contribution is -0.113. The molecule has 0 saturated heterocycles. The Labute approximate surface area is 174 Å². The summed E-state index contributed by atoms with van der Waals surface area (Å²) >= 11 is 1.08. The number of aromatic nitrogens is 2. The van der Waals surface area contributed by atoms with Crippen LogP contribution in [0.1, 0.15) is 0 Å². The highest BCUT2D eigenvalue weighted by atomic mass is 32.2. The highest BCUT2D eigenvalue weighted by molar-refractivity contribution is 7.99. The fraction of sp³-hybridized carbons (Fsp3) is 0.0455. The quantitative estimate of drug-likeness (QED) is 0.382. The molecule has 3 aromatic carbocycles. The Kier molecular flexibility index (Phi) is 5.58. The number of nitrogens with one attached hydrogen (secondary N) is 1. The van der Waals surface area contributed by atoms with Crippen LogP contribution in [0.5, 0.6) is 0 Å². The number of thioether (sulfide) groups is 1. The second-order valence-corrected chi connectivity index (χ2v) is 7.31. The van der Waals surface area contributed by atoms with Crippen molar-refractivity contribution in [2.45, 2.75) is 5.16 Å². The highest BCUT2D eigenvalue weighted by Crippen LogP contribution is 2.22. The molecule has 4 rings (SSSR count). The Morgan fingerprint density at radius 3 is 2.27 bits per heavy atom. The maximum Gasteiger partial charge on any atom is 0.266 e. The molecule has 0 aliphatic rings. The van der Waals surface area contributed by atoms with Gasteiger partial charge in [-0.3, -0.25) is 14.2 Å². The highest BCUT2D eigenvalue weighted by Gasteiger charge is 2.15. The number of fused-ring (bicyclic) bond motifs is 1. The van der Waals surface area contributed by atoms with Crippen molar-refractivity contribution in [2.24, 2.45) is 0 Å². The summed E-state index contributed by atoms with van der Waals surface area (Å²) in [6.45, 7) is 0. The van der Waals surface area contributed by atoms with Crippen molar-refractivity contribution in [3.8, 4) is 5.69 Å². The Hall–Kier alpha value is -3.52. The molecule has 8 heteroatoms. The lowest BCUT2D eigenvalue weighted by Gasteiger charge is -2.13. The minimum absolute atomic E-state index is 0.0245. The monoisotopic (exact) mass is 423 g/mol. The third-order valence-electron chi connectivity index (χ3n) is 4.29. The number of rotatable bonds is 5. The molecule has 0 atom stereocenters. The third-order valence-corrected chi connectivity index (χ3v) is 5.23. The van der Waals surface area contributed by atoms with E-state index in [-0.39, 0.29) is 17.2 Å². The fourth-order valence-electron chi connectivity index (χ4n) is 2.89. The van der Waals surface area contributed by atoms with E-state index in [0.29, 0.717) is 27.4 Å². The van der Waals surface area contributed by atoms with E-state index in [1.165, 1.54) is 53.1 Å². The number of benzene rings is 3. The van der Waals surface area contributed by atoms with Crippen LogP contribution in [0.2, 0.25) is 0 Å². The summed E-state index contributed by atoms with van der Waals surface area (Å²) in [7, 11) is 0. The maximum absolute atomic E-state index is 13.4. The molecule has 0 aliphatic heterocycles. The van der Waals surface area contributed by atoms with E-state index in [1.807, 2.05) is 0 Å². The molecule has 0 saturated carbocycles. The summed E-state index contributed by atoms with van der Waals surface area (Å²) in [6.07, 6.45) is 0. The first-order chi connectivity index (χ1) is 14.5. The number of para-hydroxylation sites is 1. The van der Waals surface area contributed by atoms with E-state index in [2.05, 4.69) is 10.3 Å². The van der Waals surface area contributed by atoms with Crippen molar-refractivity contribution < 1.29 is 13.6 Å². The van der Waals surface area contributed by atoms with Gasteiger partial charge >= 0.3 is 0 Å². The van der Waals surface area contributed by atoms with Gasteiger partial charge in [0.25, 0.3) is 5.56 Å². The molecule has 1 amide bonds. The summed E-state index contributed by atoms with van der Waals surface area (Å²) in [5.74, 6) is -1.18. The number of carbonyl (C=O) groups excluding carboxylic acids is 1. The smallest absolute Gasteiger partial charge is 0.266 e. The van der Waals surface area contributed by atoms with Gasteiger partial charge in [0.2, 0.25) is 5.91 Å². The van der Waals surface area contributed by atoms with Gasteiger partial charge in [-0.15, -0.1) is 0 Å². The van der Waals surface area contributed by atoms with Crippen LogP contribution >= 0.6 is 11.8 Å². The van der Waals surface area contributed by atoms with Crippen LogP contribution in [0, 0.1) is 11.6 Å². The lowest BCUT2D eigenvalue weighted by Crippen LogP contribution is -2.23. The number of hydrogen-bond donors (Lipinski definition) is 1. The Morgan fingerprint density at radius 1 is 0.933 bits per heavy atom. The van der Waals surface area contributed by atoms with Gasteiger partial charge in [0, 0.05) is 5.69 Å². The van der Waals surface area contributed by atoms with Crippen LogP contribution in [0.25, 0.3) is 16.6 Å². The zero-order chi connectivity index (χ0) is 21.1. The van der Waals surface area contributed by atoms with E-state index in [9.17, 15) is 18.4 Å². The van der Waals surface area contributed by atoms with Gasteiger partial charge in [-0.2, -0.15) is 0 Å². The molecule has 4 aromatic rings. The third kappa shape index (κ3) is 4.23. The first-order valence-electron chi connectivity index (χ1n) is 8.97. The average molecular weight is 423 g/mol. The summed E-state index contributed by atoms with van der Waals surface area (Å²) in [4.78, 5) is 29.9. The first-order valence-corrected chi connectivity index (χ1v) is 9.96. The molecule has 0 spiro atoms. The number of hydrogen-bond acceptors (Lipinski definition) is 4. The van der Waals surface area contributed by atoms with Crippen LogP contribution in [0.15, 0.2) is 82.7 Å². The van der Waals surface area contributed by atoms with E-state index in [0.717, 1.165) is 11.8 Å². The first kappa shape index (κ1) is 19.8. The van der Waals surface area contributed by atoms with E-state index in [1.54, 1.807) is 24.3 Å². The molecule has 1 N–H and O–H groups in total. The van der Waals surface area contributed by atoms with Gasteiger partial charge in [-0.25, -0.2) is 13.8 Å². The standard InChI is InChI=1S/C22H15F2N3O2S/c23-14-5-9-16(10-6-14)25-20(28)13-30-22-26-19-4-2-1-3-18(19)21(29)27(22)17-11-7-15(24)8-12-17/h1-12H,13H2,(H,25,28). The molecular weight excluding hydrogens is 408 g/mol. The second kappa shape index (κ2) is 8.46. The van der Waals surface area contributed by atoms with Crippen LogP contribution < -0.4 is 10.9 Å². The summed E-state index contributed by atoms with van der Waals surface area (Å²) in [5.41, 5.74) is 1.10. The van der Waals surface area contributed by atoms with Crippen molar-refractivity contribution in [2.75, 3.05) is 11.1 Å². The molecule has 0 fully saturated rings. The normalized spacial score (nSPS) is 10.9. The molecule has 1 heterocycles. The SMILES string of the molecule is O=C(CSc1nc2ccccc2c(=O)n1-c1ccc(F)cc1)Nc1ccc(F)cc1. The molecule has 0 bridgehead atoms. The van der Waals surface area contributed by atoms with Gasteiger partial charge in [-0.05, 0) is 60.7 Å². The van der Waals surface area contributed by atoms with E-state index in [4.69, 9.17) is 0 Å². The summed E-state index contributed by atoms with van der Waals surface area (Å²) in [5, 5.41) is 3.39. The van der Waals surface area contributed by atoms with E-state index >= 15 is 0 Å². The van der Waals surface area contributed by atoms with Gasteiger partial charge in [0.05, 0.1) is 22.3 Å². The number of carbonyl (C=O) groups is 1. The summed E-state index contributed by atoms with van der Waals surface area (Å²) in [6, 6.07) is 17.8. The molecular formula is C22H15F2N3O2S. The molecule has 5 nitrogen and oxygen atoms in total. The molecule has 150 valence electrons. The Balaban J connectivity index is 1.66. The Morgan fingerprint density at radius 2 is 1.57 bits per heavy atom. The maximum atomic E-state index is 13.4. The number of amides is 1. The van der Waals surface area contributed by atoms with Crippen LogP contribution in [0.3, 0.4) is 0 Å². The molecule has 30 heavy (non-hydrogen) atoms. The zero-order valence-electron chi connectivity index (χ0n) is 15.5. The minimum Gasteiger partial charge on any atom is -0.325 e. The fourth-order valence-corrected chi connectivity index (χ4v) is 3.70. The van der Waals surface area contributed by atoms with Crippen molar-refractivity contribution in [3.05, 3.63) is 94.8 Å². The minimum atomic E-state index is -0.423. The largest absolute Gasteiger partial charge is 0.325 e. The number of halogens is 2. The topological polar surface area (TPSA) is 64.0 Å². The second-order valence-electron chi connectivity index (χ2n) is 6.37. The predicted molar refractivity (Wildman–Crippen MR) is 113 cm³/mol. The molecule has 0 aliphatic carbocycles. The average Bonchev–Trinajstić information content (AvgIpc) is 2.75. The number of nitrogens with zero attached hydrogens (tertiary/aromatic N) is 2. The summed E-state index contributed by atoms with van der Waals surface area (Å²) < 4.78 is 27.7. The molecule has 1 aromatic heterocycles. The van der Waals surface area contributed by atoms with Gasteiger partial charge in [0.15, 0.2) is 5.16 Å². The molecule has 0 unspecified atom stereocenters. The van der Waals surface area contributed by atoms with Crippen LogP contribution in [-0.4, -0.2) is 21.2 Å². The van der Waals surface area contributed by atoms with Crippen LogP contribution in [-0.2, 0) is 4.79 Å².